The molecule has 0 bridgehead atoms. The van der Waals surface area contributed by atoms with Crippen molar-refractivity contribution >= 4 is 21.8 Å². The summed E-state index contributed by atoms with van der Waals surface area (Å²) < 4.78 is 11.4. The van der Waals surface area contributed by atoms with E-state index in [1.54, 1.807) is 32.5 Å². The van der Waals surface area contributed by atoms with Crippen LogP contribution in [0.1, 0.15) is 28.9 Å². The van der Waals surface area contributed by atoms with E-state index in [9.17, 15) is 4.79 Å². The molecule has 1 aromatic heterocycles. The van der Waals surface area contributed by atoms with Crippen molar-refractivity contribution in [2.75, 3.05) is 14.2 Å². The monoisotopic (exact) mass is 364 g/mol. The van der Waals surface area contributed by atoms with Gasteiger partial charge in [0.05, 0.1) is 25.8 Å². The van der Waals surface area contributed by atoms with Gasteiger partial charge in [-0.3, -0.25) is 9.78 Å². The summed E-state index contributed by atoms with van der Waals surface area (Å²) in [4.78, 5) is 16.1. The van der Waals surface area contributed by atoms with E-state index in [0.29, 0.717) is 17.1 Å². The molecule has 0 radical (unpaired) electrons. The standard InChI is InChI=1S/C16H17BrN2O3/c1-10(19-16(20)11-5-4-6-18-9-11)12-7-14(21-2)15(22-3)8-13(12)17/h4-10H,1-3H3,(H,19,20)/t10-/m1/s1. The SMILES string of the molecule is COc1cc(Br)c([C@@H](C)NC(=O)c2cccnc2)cc1OC. The average Bonchev–Trinajstić information content (AvgIpc) is 2.55. The number of nitrogens with zero attached hydrogens (tertiary/aromatic N) is 1. The molecule has 1 aromatic carbocycles. The minimum atomic E-state index is -0.207. The zero-order valence-electron chi connectivity index (χ0n) is 12.6. The molecule has 1 amide bonds. The molecule has 0 fully saturated rings. The number of amides is 1. The third-order valence-electron chi connectivity index (χ3n) is 3.24. The number of pyridine rings is 1. The lowest BCUT2D eigenvalue weighted by Gasteiger charge is -2.18. The number of ether oxygens (including phenoxy) is 2. The number of carbonyl (C=O) groups is 1. The van der Waals surface area contributed by atoms with E-state index in [0.717, 1.165) is 10.0 Å². The van der Waals surface area contributed by atoms with Crippen molar-refractivity contribution in [1.82, 2.24) is 10.3 Å². The van der Waals surface area contributed by atoms with Gasteiger partial charge in [0.2, 0.25) is 0 Å². The van der Waals surface area contributed by atoms with Crippen molar-refractivity contribution in [1.29, 1.82) is 0 Å². The van der Waals surface area contributed by atoms with E-state index in [-0.39, 0.29) is 11.9 Å². The Kier molecular flexibility index (Phi) is 5.38. The number of rotatable bonds is 5. The van der Waals surface area contributed by atoms with Gasteiger partial charge in [0, 0.05) is 16.9 Å². The lowest BCUT2D eigenvalue weighted by atomic mass is 10.1. The topological polar surface area (TPSA) is 60.5 Å². The normalized spacial score (nSPS) is 11.6. The van der Waals surface area contributed by atoms with Crippen LogP contribution in [0.15, 0.2) is 41.1 Å². The molecule has 1 N–H and O–H groups in total. The van der Waals surface area contributed by atoms with Crippen LogP contribution in [0.25, 0.3) is 0 Å². The molecular weight excluding hydrogens is 348 g/mol. The highest BCUT2D eigenvalue weighted by Gasteiger charge is 2.17. The van der Waals surface area contributed by atoms with Crippen molar-refractivity contribution in [3.05, 3.63) is 52.3 Å². The molecule has 0 unspecified atom stereocenters. The molecule has 2 aromatic rings. The van der Waals surface area contributed by atoms with E-state index in [1.165, 1.54) is 6.20 Å². The van der Waals surface area contributed by atoms with Crippen LogP contribution < -0.4 is 14.8 Å². The predicted octanol–water partition coefficient (Wildman–Crippen LogP) is 3.35. The van der Waals surface area contributed by atoms with Gasteiger partial charge < -0.3 is 14.8 Å². The fraction of sp³-hybridized carbons (Fsp3) is 0.250. The fourth-order valence-electron chi connectivity index (χ4n) is 2.06. The second-order valence-electron chi connectivity index (χ2n) is 4.67. The van der Waals surface area contributed by atoms with E-state index >= 15 is 0 Å². The molecule has 0 saturated carbocycles. The average molecular weight is 365 g/mol. The molecular formula is C16H17BrN2O3. The van der Waals surface area contributed by atoms with Gasteiger partial charge in [-0.2, -0.15) is 0 Å². The molecule has 116 valence electrons. The van der Waals surface area contributed by atoms with Crippen LogP contribution in [0.5, 0.6) is 11.5 Å². The smallest absolute Gasteiger partial charge is 0.253 e. The van der Waals surface area contributed by atoms with Crippen LogP contribution in [-0.4, -0.2) is 25.1 Å². The molecule has 1 heterocycles. The van der Waals surface area contributed by atoms with E-state index in [4.69, 9.17) is 9.47 Å². The Morgan fingerprint density at radius 3 is 2.55 bits per heavy atom. The van der Waals surface area contributed by atoms with Crippen LogP contribution in [-0.2, 0) is 0 Å². The highest BCUT2D eigenvalue weighted by atomic mass is 79.9. The Hall–Kier alpha value is -2.08. The summed E-state index contributed by atoms with van der Waals surface area (Å²) in [6, 6.07) is 6.91. The molecule has 0 aliphatic rings. The van der Waals surface area contributed by atoms with Crippen LogP contribution in [0.4, 0.5) is 0 Å². The lowest BCUT2D eigenvalue weighted by molar-refractivity contribution is 0.0939. The minimum Gasteiger partial charge on any atom is -0.493 e. The maximum absolute atomic E-state index is 12.2. The first kappa shape index (κ1) is 16.3. The Balaban J connectivity index is 2.22. The van der Waals surface area contributed by atoms with E-state index in [1.807, 2.05) is 19.1 Å². The number of halogens is 1. The first-order valence-corrected chi connectivity index (χ1v) is 7.48. The number of carbonyl (C=O) groups excluding carboxylic acids is 1. The van der Waals surface area contributed by atoms with E-state index in [2.05, 4.69) is 26.2 Å². The number of hydrogen-bond acceptors (Lipinski definition) is 4. The first-order valence-electron chi connectivity index (χ1n) is 6.69. The predicted molar refractivity (Wildman–Crippen MR) is 87.4 cm³/mol. The van der Waals surface area contributed by atoms with E-state index < -0.39 is 0 Å². The lowest BCUT2D eigenvalue weighted by Crippen LogP contribution is -2.27. The van der Waals surface area contributed by atoms with Crippen molar-refractivity contribution in [3.8, 4) is 11.5 Å². The van der Waals surface area contributed by atoms with Crippen molar-refractivity contribution < 1.29 is 14.3 Å². The van der Waals surface area contributed by atoms with Gasteiger partial charge in [-0.1, -0.05) is 15.9 Å². The number of nitrogens with one attached hydrogen (secondary N) is 1. The highest BCUT2D eigenvalue weighted by Crippen LogP contribution is 2.35. The van der Waals surface area contributed by atoms with Crippen molar-refractivity contribution in [2.45, 2.75) is 13.0 Å². The summed E-state index contributed by atoms with van der Waals surface area (Å²) in [7, 11) is 3.16. The van der Waals surface area contributed by atoms with Crippen LogP contribution in [0.2, 0.25) is 0 Å². The minimum absolute atomic E-state index is 0.178. The second-order valence-corrected chi connectivity index (χ2v) is 5.52. The summed E-state index contributed by atoms with van der Waals surface area (Å²) >= 11 is 3.50. The zero-order chi connectivity index (χ0) is 16.1. The molecule has 2 rings (SSSR count). The van der Waals surface area contributed by atoms with Crippen molar-refractivity contribution in [2.24, 2.45) is 0 Å². The van der Waals surface area contributed by atoms with Gasteiger partial charge in [0.15, 0.2) is 11.5 Å². The Labute approximate surface area is 137 Å². The molecule has 0 aliphatic carbocycles. The largest absolute Gasteiger partial charge is 0.493 e. The number of benzene rings is 1. The molecule has 0 spiro atoms. The number of methoxy groups -OCH3 is 2. The molecule has 6 heteroatoms. The van der Waals surface area contributed by atoms with Crippen molar-refractivity contribution in [3.63, 3.8) is 0 Å². The summed E-state index contributed by atoms with van der Waals surface area (Å²) in [5.41, 5.74) is 1.42. The zero-order valence-corrected chi connectivity index (χ0v) is 14.2. The van der Waals surface area contributed by atoms with Gasteiger partial charge in [0.1, 0.15) is 0 Å². The Morgan fingerprint density at radius 1 is 1.27 bits per heavy atom. The molecule has 1 atom stereocenters. The maximum atomic E-state index is 12.2. The summed E-state index contributed by atoms with van der Waals surface area (Å²) in [5.74, 6) is 1.06. The highest BCUT2D eigenvalue weighted by molar-refractivity contribution is 9.10. The number of aromatic nitrogens is 1. The van der Waals surface area contributed by atoms with Crippen LogP contribution >= 0.6 is 15.9 Å². The Morgan fingerprint density at radius 2 is 1.95 bits per heavy atom. The third-order valence-corrected chi connectivity index (χ3v) is 3.93. The van der Waals surface area contributed by atoms with Gasteiger partial charge >= 0.3 is 0 Å². The first-order chi connectivity index (χ1) is 10.6. The summed E-state index contributed by atoms with van der Waals surface area (Å²) in [6.07, 6.45) is 3.16. The quantitative estimate of drug-likeness (QED) is 0.883. The summed E-state index contributed by atoms with van der Waals surface area (Å²) in [6.45, 7) is 1.90. The van der Waals surface area contributed by atoms with Crippen LogP contribution in [0, 0.1) is 0 Å². The van der Waals surface area contributed by atoms with Gasteiger partial charge in [0.25, 0.3) is 5.91 Å². The molecule has 0 saturated heterocycles. The molecule has 5 nitrogen and oxygen atoms in total. The fourth-order valence-corrected chi connectivity index (χ4v) is 2.72. The van der Waals surface area contributed by atoms with Gasteiger partial charge in [-0.25, -0.2) is 0 Å². The van der Waals surface area contributed by atoms with Crippen LogP contribution in [0.3, 0.4) is 0 Å². The van der Waals surface area contributed by atoms with Gasteiger partial charge in [-0.05, 0) is 36.8 Å². The molecule has 22 heavy (non-hydrogen) atoms. The Bertz CT molecular complexity index is 662. The van der Waals surface area contributed by atoms with Gasteiger partial charge in [-0.15, -0.1) is 0 Å². The second kappa shape index (κ2) is 7.26. The maximum Gasteiger partial charge on any atom is 0.253 e. The molecule has 0 aliphatic heterocycles. The summed E-state index contributed by atoms with van der Waals surface area (Å²) in [5, 5.41) is 2.94. The number of hydrogen-bond donors (Lipinski definition) is 1. The third kappa shape index (κ3) is 3.57.